The Morgan fingerprint density at radius 1 is 1.25 bits per heavy atom. The van der Waals surface area contributed by atoms with Crippen LogP contribution in [0.15, 0.2) is 54.9 Å². The average Bonchev–Trinajstić information content (AvgIpc) is 3.35. The standard InChI is InChI=1S/C22H23N3O3/c1-24-9-8-23-21(24)15-25(10-11-26)22(27)19-4-2-3-17(13-19)18-6-5-16-7-12-28-20(16)14-18/h2-6,8-9,13-14,26H,7,10-12,15H2,1H3. The third-order valence-electron chi connectivity index (χ3n) is 5.05. The minimum absolute atomic E-state index is 0.0992. The van der Waals surface area contributed by atoms with E-state index in [0.29, 0.717) is 12.1 Å². The van der Waals surface area contributed by atoms with Gasteiger partial charge in [-0.3, -0.25) is 4.79 Å². The van der Waals surface area contributed by atoms with Gasteiger partial charge in [-0.15, -0.1) is 0 Å². The number of aryl methyl sites for hydroxylation is 1. The van der Waals surface area contributed by atoms with Gasteiger partial charge in [0.25, 0.3) is 5.91 Å². The summed E-state index contributed by atoms with van der Waals surface area (Å²) >= 11 is 0. The molecule has 0 radical (unpaired) electrons. The highest BCUT2D eigenvalue weighted by molar-refractivity contribution is 5.95. The van der Waals surface area contributed by atoms with E-state index in [1.807, 2.05) is 42.1 Å². The van der Waals surface area contributed by atoms with Crippen molar-refractivity contribution < 1.29 is 14.6 Å². The summed E-state index contributed by atoms with van der Waals surface area (Å²) in [7, 11) is 1.89. The van der Waals surface area contributed by atoms with E-state index in [0.717, 1.165) is 35.7 Å². The first-order valence-corrected chi connectivity index (χ1v) is 9.38. The number of imidazole rings is 1. The first kappa shape index (κ1) is 18.3. The van der Waals surface area contributed by atoms with Gasteiger partial charge in [-0.05, 0) is 34.9 Å². The molecule has 0 fully saturated rings. The van der Waals surface area contributed by atoms with Gasteiger partial charge in [0.15, 0.2) is 0 Å². The molecule has 144 valence electrons. The first-order chi connectivity index (χ1) is 13.7. The molecule has 0 saturated heterocycles. The van der Waals surface area contributed by atoms with Crippen molar-refractivity contribution in [2.24, 2.45) is 7.05 Å². The maximum Gasteiger partial charge on any atom is 0.254 e. The van der Waals surface area contributed by atoms with Crippen molar-refractivity contribution >= 4 is 5.91 Å². The van der Waals surface area contributed by atoms with Gasteiger partial charge in [0.2, 0.25) is 0 Å². The maximum absolute atomic E-state index is 13.1. The predicted molar refractivity (Wildman–Crippen MR) is 106 cm³/mol. The summed E-state index contributed by atoms with van der Waals surface area (Å²) in [6.45, 7) is 1.22. The number of nitrogens with zero attached hydrogens (tertiary/aromatic N) is 3. The molecule has 0 aliphatic carbocycles. The van der Waals surface area contributed by atoms with Crippen LogP contribution in [0.25, 0.3) is 11.1 Å². The fourth-order valence-electron chi connectivity index (χ4n) is 3.45. The molecule has 6 heteroatoms. The van der Waals surface area contributed by atoms with Gasteiger partial charge < -0.3 is 19.3 Å². The zero-order chi connectivity index (χ0) is 19.5. The molecule has 2 aromatic carbocycles. The smallest absolute Gasteiger partial charge is 0.254 e. The zero-order valence-corrected chi connectivity index (χ0v) is 15.8. The summed E-state index contributed by atoms with van der Waals surface area (Å²) < 4.78 is 7.54. The SMILES string of the molecule is Cn1ccnc1CN(CCO)C(=O)c1cccc(-c2ccc3c(c2)OCC3)c1. The van der Waals surface area contributed by atoms with Gasteiger partial charge in [-0.1, -0.05) is 24.3 Å². The Hall–Kier alpha value is -3.12. The second kappa shape index (κ2) is 7.86. The molecule has 1 N–H and O–H groups in total. The lowest BCUT2D eigenvalue weighted by atomic mass is 10.0. The number of carbonyl (C=O) groups excluding carboxylic acids is 1. The van der Waals surface area contributed by atoms with Crippen LogP contribution in [0, 0.1) is 0 Å². The highest BCUT2D eigenvalue weighted by atomic mass is 16.5. The normalized spacial score (nSPS) is 12.5. The fourth-order valence-corrected chi connectivity index (χ4v) is 3.45. The quantitative estimate of drug-likeness (QED) is 0.717. The van der Waals surface area contributed by atoms with Gasteiger partial charge in [0.05, 0.1) is 19.8 Å². The van der Waals surface area contributed by atoms with E-state index in [1.165, 1.54) is 5.56 Å². The van der Waals surface area contributed by atoms with Crippen LogP contribution in [-0.4, -0.2) is 45.2 Å². The van der Waals surface area contributed by atoms with E-state index < -0.39 is 0 Å². The predicted octanol–water partition coefficient (Wildman–Crippen LogP) is 2.66. The molecule has 0 saturated carbocycles. The molecule has 28 heavy (non-hydrogen) atoms. The van der Waals surface area contributed by atoms with Gasteiger partial charge in [-0.25, -0.2) is 4.98 Å². The summed E-state index contributed by atoms with van der Waals surface area (Å²) in [6, 6.07) is 13.8. The van der Waals surface area contributed by atoms with E-state index in [4.69, 9.17) is 4.74 Å². The van der Waals surface area contributed by atoms with Crippen molar-refractivity contribution in [2.75, 3.05) is 19.8 Å². The highest BCUT2D eigenvalue weighted by Crippen LogP contribution is 2.31. The lowest BCUT2D eigenvalue weighted by Crippen LogP contribution is -2.34. The molecule has 1 aromatic heterocycles. The van der Waals surface area contributed by atoms with Crippen LogP contribution in [0.5, 0.6) is 5.75 Å². The van der Waals surface area contributed by atoms with Crippen LogP contribution >= 0.6 is 0 Å². The summed E-state index contributed by atoms with van der Waals surface area (Å²) in [4.78, 5) is 19.0. The molecule has 0 atom stereocenters. The van der Waals surface area contributed by atoms with E-state index in [-0.39, 0.29) is 19.1 Å². The average molecular weight is 377 g/mol. The zero-order valence-electron chi connectivity index (χ0n) is 15.8. The summed E-state index contributed by atoms with van der Waals surface area (Å²) in [5.74, 6) is 1.57. The van der Waals surface area contributed by atoms with Crippen LogP contribution in [0.3, 0.4) is 0 Å². The van der Waals surface area contributed by atoms with Crippen LogP contribution in [0.1, 0.15) is 21.7 Å². The Labute approximate surface area is 164 Å². The van der Waals surface area contributed by atoms with Crippen LogP contribution in [0.2, 0.25) is 0 Å². The van der Waals surface area contributed by atoms with Crippen LogP contribution in [0.4, 0.5) is 0 Å². The Morgan fingerprint density at radius 3 is 2.89 bits per heavy atom. The molecule has 1 amide bonds. The maximum atomic E-state index is 13.1. The topological polar surface area (TPSA) is 67.6 Å². The minimum Gasteiger partial charge on any atom is -0.493 e. The minimum atomic E-state index is -0.128. The molecule has 0 spiro atoms. The molecular weight excluding hydrogens is 354 g/mol. The second-order valence-electron chi connectivity index (χ2n) is 6.91. The third-order valence-corrected chi connectivity index (χ3v) is 5.05. The third kappa shape index (κ3) is 3.64. The Bertz CT molecular complexity index is 996. The number of ether oxygens (including phenoxy) is 1. The molecular formula is C22H23N3O3. The highest BCUT2D eigenvalue weighted by Gasteiger charge is 2.19. The largest absolute Gasteiger partial charge is 0.493 e. The molecule has 0 unspecified atom stereocenters. The van der Waals surface area contributed by atoms with Crippen molar-refractivity contribution in [2.45, 2.75) is 13.0 Å². The molecule has 6 nitrogen and oxygen atoms in total. The number of fused-ring (bicyclic) bond motifs is 1. The van der Waals surface area contributed by atoms with E-state index in [2.05, 4.69) is 17.1 Å². The fraction of sp³-hybridized carbons (Fsp3) is 0.273. The number of rotatable bonds is 6. The second-order valence-corrected chi connectivity index (χ2v) is 6.91. The number of hydrogen-bond acceptors (Lipinski definition) is 4. The monoisotopic (exact) mass is 377 g/mol. The van der Waals surface area contributed by atoms with Crippen molar-refractivity contribution in [1.29, 1.82) is 0 Å². The van der Waals surface area contributed by atoms with Gasteiger partial charge in [0.1, 0.15) is 11.6 Å². The van der Waals surface area contributed by atoms with Gasteiger partial charge >= 0.3 is 0 Å². The number of hydrogen-bond donors (Lipinski definition) is 1. The van der Waals surface area contributed by atoms with Crippen LogP contribution < -0.4 is 4.74 Å². The van der Waals surface area contributed by atoms with Gasteiger partial charge in [0, 0.05) is 38.0 Å². The van der Waals surface area contributed by atoms with E-state index in [9.17, 15) is 9.90 Å². The molecule has 3 aromatic rings. The number of aromatic nitrogens is 2. The lowest BCUT2D eigenvalue weighted by Gasteiger charge is -2.22. The number of aliphatic hydroxyl groups excluding tert-OH is 1. The van der Waals surface area contributed by atoms with E-state index in [1.54, 1.807) is 17.2 Å². The van der Waals surface area contributed by atoms with Crippen LogP contribution in [-0.2, 0) is 20.0 Å². The molecule has 1 aliphatic rings. The number of benzene rings is 2. The summed E-state index contributed by atoms with van der Waals surface area (Å²) in [6.07, 6.45) is 4.48. The summed E-state index contributed by atoms with van der Waals surface area (Å²) in [5.41, 5.74) is 3.79. The Morgan fingerprint density at radius 2 is 2.11 bits per heavy atom. The van der Waals surface area contributed by atoms with Crippen molar-refractivity contribution in [3.63, 3.8) is 0 Å². The van der Waals surface area contributed by atoms with Crippen molar-refractivity contribution in [1.82, 2.24) is 14.5 Å². The molecule has 0 bridgehead atoms. The summed E-state index contributed by atoms with van der Waals surface area (Å²) in [5, 5.41) is 9.42. The number of amides is 1. The number of aliphatic hydroxyl groups is 1. The molecule has 4 rings (SSSR count). The molecule has 1 aliphatic heterocycles. The number of carbonyl (C=O) groups is 1. The first-order valence-electron chi connectivity index (χ1n) is 9.38. The van der Waals surface area contributed by atoms with Gasteiger partial charge in [-0.2, -0.15) is 0 Å². The Balaban J connectivity index is 1.60. The lowest BCUT2D eigenvalue weighted by molar-refractivity contribution is 0.0701. The van der Waals surface area contributed by atoms with Crippen molar-refractivity contribution in [3.8, 4) is 16.9 Å². The Kier molecular flexibility index (Phi) is 5.12. The van der Waals surface area contributed by atoms with E-state index >= 15 is 0 Å². The van der Waals surface area contributed by atoms with Crippen molar-refractivity contribution in [3.05, 3.63) is 71.8 Å². The molecule has 2 heterocycles.